The highest BCUT2D eigenvalue weighted by molar-refractivity contribution is 6.07. The van der Waals surface area contributed by atoms with Gasteiger partial charge in [0, 0.05) is 12.0 Å². The number of carbonyl (C=O) groups is 3. The van der Waals surface area contributed by atoms with Crippen LogP contribution in [0.5, 0.6) is 0 Å². The number of carboxylic acids is 1. The Balaban J connectivity index is 1.79. The summed E-state index contributed by atoms with van der Waals surface area (Å²) < 4.78 is 5.05. The van der Waals surface area contributed by atoms with Gasteiger partial charge in [-0.15, -0.1) is 0 Å². The third-order valence-corrected chi connectivity index (χ3v) is 5.73. The molecular weight excluding hydrogens is 404 g/mol. The number of hydrogen-bond donors (Lipinski definition) is 1. The number of rotatable bonds is 8. The first-order chi connectivity index (χ1) is 15.2. The second-order valence-corrected chi connectivity index (χ2v) is 8.51. The molecule has 0 fully saturated rings. The van der Waals surface area contributed by atoms with Crippen molar-refractivity contribution in [3.63, 3.8) is 0 Å². The molecule has 5 heteroatoms. The molecule has 0 unspecified atom stereocenters. The van der Waals surface area contributed by atoms with Gasteiger partial charge >= 0.3 is 11.9 Å². The molecule has 0 bridgehead atoms. The number of carbonyl (C=O) groups excluding carboxylic acids is 2. The lowest BCUT2D eigenvalue weighted by Gasteiger charge is -2.32. The topological polar surface area (TPSA) is 80.7 Å². The van der Waals surface area contributed by atoms with Crippen molar-refractivity contribution >= 4 is 29.4 Å². The van der Waals surface area contributed by atoms with Crippen LogP contribution in [0.4, 0.5) is 0 Å². The third-order valence-electron chi connectivity index (χ3n) is 5.73. The minimum absolute atomic E-state index is 0.116. The van der Waals surface area contributed by atoms with Crippen LogP contribution in [0, 0.1) is 0 Å². The molecule has 0 spiro atoms. The van der Waals surface area contributed by atoms with Gasteiger partial charge in [0.2, 0.25) is 0 Å². The maximum atomic E-state index is 12.8. The predicted octanol–water partition coefficient (Wildman–Crippen LogP) is 5.69. The van der Waals surface area contributed by atoms with Gasteiger partial charge in [0.05, 0.1) is 12.2 Å². The molecule has 0 saturated heterocycles. The van der Waals surface area contributed by atoms with E-state index in [0.29, 0.717) is 25.0 Å². The minimum Gasteiger partial charge on any atom is -0.478 e. The van der Waals surface area contributed by atoms with Gasteiger partial charge in [-0.3, -0.25) is 9.59 Å². The first kappa shape index (κ1) is 23.2. The third kappa shape index (κ3) is 5.41. The Morgan fingerprint density at radius 3 is 2.41 bits per heavy atom. The number of carboxylic acid groups (broad SMARTS) is 1. The van der Waals surface area contributed by atoms with E-state index in [-0.39, 0.29) is 22.7 Å². The molecule has 0 heterocycles. The van der Waals surface area contributed by atoms with E-state index in [2.05, 4.69) is 19.9 Å². The highest BCUT2D eigenvalue weighted by Crippen LogP contribution is 2.40. The lowest BCUT2D eigenvalue weighted by Crippen LogP contribution is -2.22. The molecule has 0 aromatic heterocycles. The first-order valence-electron chi connectivity index (χ1n) is 10.8. The van der Waals surface area contributed by atoms with Crippen LogP contribution in [-0.2, 0) is 14.9 Å². The number of hydrogen-bond acceptors (Lipinski definition) is 4. The van der Waals surface area contributed by atoms with Crippen molar-refractivity contribution in [2.45, 2.75) is 45.4 Å². The monoisotopic (exact) mass is 432 g/mol. The number of allylic oxidation sites excluding steroid dienone is 3. The SMILES string of the molecule is CCOC(=O)CCC1=CCC(C)(C)c2cc(C(=O)C=Cc3ccc(C(=O)O)cc3)ccc21. The second-order valence-electron chi connectivity index (χ2n) is 8.51. The van der Waals surface area contributed by atoms with E-state index >= 15 is 0 Å². The summed E-state index contributed by atoms with van der Waals surface area (Å²) >= 11 is 0. The van der Waals surface area contributed by atoms with Crippen molar-refractivity contribution in [2.24, 2.45) is 0 Å². The molecule has 166 valence electrons. The molecular formula is C27H28O5. The Morgan fingerprint density at radius 1 is 1.06 bits per heavy atom. The Hall–Kier alpha value is -3.47. The fourth-order valence-corrected chi connectivity index (χ4v) is 3.85. The average molecular weight is 433 g/mol. The predicted molar refractivity (Wildman–Crippen MR) is 125 cm³/mol. The molecule has 2 aromatic carbocycles. The van der Waals surface area contributed by atoms with Gasteiger partial charge in [0.1, 0.15) is 0 Å². The Morgan fingerprint density at radius 2 is 1.75 bits per heavy atom. The number of esters is 1. The average Bonchev–Trinajstić information content (AvgIpc) is 2.77. The van der Waals surface area contributed by atoms with Crippen molar-refractivity contribution in [3.8, 4) is 0 Å². The maximum Gasteiger partial charge on any atom is 0.335 e. The van der Waals surface area contributed by atoms with Crippen LogP contribution in [0.1, 0.15) is 77.4 Å². The summed E-state index contributed by atoms with van der Waals surface area (Å²) in [5, 5.41) is 8.99. The summed E-state index contributed by atoms with van der Waals surface area (Å²) in [5.74, 6) is -1.30. The van der Waals surface area contributed by atoms with Gasteiger partial charge in [-0.05, 0) is 71.7 Å². The smallest absolute Gasteiger partial charge is 0.335 e. The quantitative estimate of drug-likeness (QED) is 0.329. The van der Waals surface area contributed by atoms with E-state index in [9.17, 15) is 14.4 Å². The van der Waals surface area contributed by atoms with Crippen LogP contribution >= 0.6 is 0 Å². The zero-order valence-corrected chi connectivity index (χ0v) is 18.7. The van der Waals surface area contributed by atoms with Crippen LogP contribution < -0.4 is 0 Å². The van der Waals surface area contributed by atoms with Crippen LogP contribution in [0.15, 0.2) is 54.6 Å². The van der Waals surface area contributed by atoms with E-state index in [1.54, 1.807) is 25.1 Å². The molecule has 1 aliphatic rings. The Labute approximate surface area is 188 Å². The van der Waals surface area contributed by atoms with Crippen molar-refractivity contribution < 1.29 is 24.2 Å². The summed E-state index contributed by atoms with van der Waals surface area (Å²) in [4.78, 5) is 35.5. The molecule has 1 N–H and O–H groups in total. The Kier molecular flexibility index (Phi) is 7.08. The van der Waals surface area contributed by atoms with E-state index in [4.69, 9.17) is 9.84 Å². The summed E-state index contributed by atoms with van der Waals surface area (Å²) in [6.45, 7) is 6.48. The van der Waals surface area contributed by atoms with Gasteiger partial charge in [0.15, 0.2) is 5.78 Å². The highest BCUT2D eigenvalue weighted by Gasteiger charge is 2.28. The fraction of sp³-hybridized carbons (Fsp3) is 0.296. The van der Waals surface area contributed by atoms with Crippen molar-refractivity contribution in [3.05, 3.63) is 82.4 Å². The standard InChI is InChI=1S/C27H28O5/c1-4-32-25(29)14-11-19-15-16-27(2,3)23-17-21(10-12-22(19)23)24(28)13-7-18-5-8-20(9-6-18)26(30)31/h5-10,12-13,15,17H,4,11,14,16H2,1-3H3,(H,30,31). The van der Waals surface area contributed by atoms with Gasteiger partial charge in [-0.25, -0.2) is 4.79 Å². The molecule has 0 radical (unpaired) electrons. The molecule has 0 amide bonds. The zero-order valence-electron chi connectivity index (χ0n) is 18.7. The molecule has 1 aliphatic carbocycles. The van der Waals surface area contributed by atoms with Crippen LogP contribution in [-0.4, -0.2) is 29.4 Å². The second kappa shape index (κ2) is 9.77. The number of fused-ring (bicyclic) bond motifs is 1. The lowest BCUT2D eigenvalue weighted by atomic mass is 9.72. The number of ether oxygens (including phenoxy) is 1. The van der Waals surface area contributed by atoms with Crippen LogP contribution in [0.3, 0.4) is 0 Å². The van der Waals surface area contributed by atoms with Crippen molar-refractivity contribution in [1.29, 1.82) is 0 Å². The first-order valence-corrected chi connectivity index (χ1v) is 10.8. The fourth-order valence-electron chi connectivity index (χ4n) is 3.85. The van der Waals surface area contributed by atoms with E-state index in [1.807, 2.05) is 18.2 Å². The van der Waals surface area contributed by atoms with Crippen molar-refractivity contribution in [2.75, 3.05) is 6.61 Å². The van der Waals surface area contributed by atoms with Crippen LogP contribution in [0.25, 0.3) is 11.6 Å². The van der Waals surface area contributed by atoms with E-state index in [1.165, 1.54) is 18.2 Å². The largest absolute Gasteiger partial charge is 0.478 e. The molecule has 0 atom stereocenters. The minimum atomic E-state index is -0.982. The molecule has 5 nitrogen and oxygen atoms in total. The van der Waals surface area contributed by atoms with Gasteiger partial charge in [0.25, 0.3) is 0 Å². The van der Waals surface area contributed by atoms with E-state index in [0.717, 1.165) is 28.7 Å². The maximum absolute atomic E-state index is 12.8. The lowest BCUT2D eigenvalue weighted by molar-refractivity contribution is -0.142. The molecule has 0 saturated carbocycles. The molecule has 32 heavy (non-hydrogen) atoms. The van der Waals surface area contributed by atoms with Crippen molar-refractivity contribution in [1.82, 2.24) is 0 Å². The summed E-state index contributed by atoms with van der Waals surface area (Å²) in [6.07, 6.45) is 7.16. The number of ketones is 1. The summed E-state index contributed by atoms with van der Waals surface area (Å²) in [5.41, 5.74) is 4.74. The van der Waals surface area contributed by atoms with Crippen LogP contribution in [0.2, 0.25) is 0 Å². The van der Waals surface area contributed by atoms with Gasteiger partial charge < -0.3 is 9.84 Å². The molecule has 2 aromatic rings. The zero-order chi connectivity index (χ0) is 23.3. The number of aromatic carboxylic acids is 1. The Bertz CT molecular complexity index is 1090. The van der Waals surface area contributed by atoms with Gasteiger partial charge in [-0.2, -0.15) is 0 Å². The normalized spacial score (nSPS) is 14.5. The molecule has 3 rings (SSSR count). The van der Waals surface area contributed by atoms with E-state index < -0.39 is 5.97 Å². The molecule has 0 aliphatic heterocycles. The summed E-state index contributed by atoms with van der Waals surface area (Å²) in [6, 6.07) is 12.1. The summed E-state index contributed by atoms with van der Waals surface area (Å²) in [7, 11) is 0. The van der Waals surface area contributed by atoms with Gasteiger partial charge in [-0.1, -0.05) is 50.3 Å². The highest BCUT2D eigenvalue weighted by atomic mass is 16.5. The number of benzene rings is 2.